The molecule has 0 aromatic heterocycles. The highest BCUT2D eigenvalue weighted by molar-refractivity contribution is 8.14. The topological polar surface area (TPSA) is 49.3 Å². The summed E-state index contributed by atoms with van der Waals surface area (Å²) in [6.45, 7) is 0. The Morgan fingerprint density at radius 3 is 2.64 bits per heavy atom. The number of aliphatic hydroxyl groups is 1. The molecule has 1 heterocycles. The van der Waals surface area contributed by atoms with Crippen LogP contribution in [-0.2, 0) is 0 Å². The van der Waals surface area contributed by atoms with Crippen LogP contribution in [-0.4, -0.2) is 21.8 Å². The predicted octanol–water partition coefficient (Wildman–Crippen LogP) is 1.20. The highest BCUT2D eigenvalue weighted by Gasteiger charge is 2.28. The van der Waals surface area contributed by atoms with E-state index >= 15 is 0 Å². The van der Waals surface area contributed by atoms with E-state index in [1.54, 1.807) is 12.1 Å². The third-order valence-electron chi connectivity index (χ3n) is 2.07. The third kappa shape index (κ3) is 2.15. The van der Waals surface area contributed by atoms with Gasteiger partial charge < -0.3 is 5.11 Å². The molecule has 0 saturated carbocycles. The first-order valence-corrected chi connectivity index (χ1v) is 5.34. The molecule has 1 saturated heterocycles. The quantitative estimate of drug-likeness (QED) is 0.768. The van der Waals surface area contributed by atoms with Gasteiger partial charge in [-0.2, -0.15) is 0 Å². The zero-order valence-electron chi connectivity index (χ0n) is 7.51. The van der Waals surface area contributed by atoms with Crippen LogP contribution < -0.4 is 5.32 Å². The van der Waals surface area contributed by atoms with E-state index in [4.69, 9.17) is 5.11 Å². The fourth-order valence-electron chi connectivity index (χ4n) is 1.25. The molecule has 0 spiro atoms. The Kier molecular flexibility index (Phi) is 2.86. The van der Waals surface area contributed by atoms with Gasteiger partial charge in [-0.1, -0.05) is 42.1 Å². The van der Waals surface area contributed by atoms with E-state index in [1.165, 1.54) is 11.8 Å². The molecule has 0 aliphatic carbocycles. The minimum Gasteiger partial charge on any atom is -0.378 e. The molecule has 0 radical (unpaired) electrons. The minimum absolute atomic E-state index is 0.0509. The monoisotopic (exact) mass is 209 g/mol. The summed E-state index contributed by atoms with van der Waals surface area (Å²) >= 11 is 1.23. The van der Waals surface area contributed by atoms with Crippen LogP contribution in [0.5, 0.6) is 0 Å². The highest BCUT2D eigenvalue weighted by Crippen LogP contribution is 2.24. The number of rotatable bonds is 2. The van der Waals surface area contributed by atoms with Gasteiger partial charge in [0.15, 0.2) is 0 Å². The van der Waals surface area contributed by atoms with Gasteiger partial charge in [0.25, 0.3) is 0 Å². The summed E-state index contributed by atoms with van der Waals surface area (Å²) in [7, 11) is 0. The summed E-state index contributed by atoms with van der Waals surface area (Å²) in [6.07, 6.45) is 0.208. The summed E-state index contributed by atoms with van der Waals surface area (Å²) < 4.78 is 0. The van der Waals surface area contributed by atoms with Crippen molar-refractivity contribution < 1.29 is 9.90 Å². The van der Waals surface area contributed by atoms with Gasteiger partial charge in [-0.25, -0.2) is 0 Å². The van der Waals surface area contributed by atoms with Crippen molar-refractivity contribution in [2.24, 2.45) is 0 Å². The lowest BCUT2D eigenvalue weighted by Gasteiger charge is -2.31. The maximum absolute atomic E-state index is 11.6. The van der Waals surface area contributed by atoms with Gasteiger partial charge in [0, 0.05) is 12.0 Å². The van der Waals surface area contributed by atoms with Crippen LogP contribution >= 0.6 is 11.8 Å². The molecule has 2 rings (SSSR count). The van der Waals surface area contributed by atoms with Crippen molar-refractivity contribution in [2.45, 2.75) is 18.0 Å². The largest absolute Gasteiger partial charge is 0.378 e. The molecule has 0 unspecified atom stereocenters. The summed E-state index contributed by atoms with van der Waals surface area (Å²) in [6, 6.07) is 9.16. The molecular weight excluding hydrogens is 198 g/mol. The number of benzene rings is 1. The fourth-order valence-corrected chi connectivity index (χ4v) is 2.28. The summed E-state index contributed by atoms with van der Waals surface area (Å²) in [5.41, 5.74) is 0.709. The summed E-state index contributed by atoms with van der Waals surface area (Å²) in [5.74, 6) is 0. The minimum atomic E-state index is -0.434. The first-order valence-electron chi connectivity index (χ1n) is 4.46. The van der Waals surface area contributed by atoms with Gasteiger partial charge in [0.2, 0.25) is 5.12 Å². The van der Waals surface area contributed by atoms with E-state index in [1.807, 2.05) is 18.2 Å². The van der Waals surface area contributed by atoms with E-state index in [-0.39, 0.29) is 10.5 Å². The van der Waals surface area contributed by atoms with Gasteiger partial charge >= 0.3 is 0 Å². The molecule has 1 aliphatic rings. The normalized spacial score (nSPS) is 25.5. The van der Waals surface area contributed by atoms with Crippen molar-refractivity contribution in [2.75, 3.05) is 0 Å². The molecule has 2 atom stereocenters. The maximum Gasteiger partial charge on any atom is 0.220 e. The second kappa shape index (κ2) is 4.13. The van der Waals surface area contributed by atoms with Gasteiger partial charge in [0.05, 0.1) is 5.37 Å². The summed E-state index contributed by atoms with van der Waals surface area (Å²) in [4.78, 5) is 11.6. The lowest BCUT2D eigenvalue weighted by Crippen LogP contribution is -2.50. The standard InChI is InChI=1S/C10H11NO2S/c12-8-6-9(11-8)14-10(13)7-4-2-1-3-5-7/h1-5,8-9,11-12H,6H2/t8-,9+/m0/s1. The van der Waals surface area contributed by atoms with Gasteiger partial charge in [-0.3, -0.25) is 10.1 Å². The van der Waals surface area contributed by atoms with Crippen LogP contribution in [0.3, 0.4) is 0 Å². The van der Waals surface area contributed by atoms with E-state index in [0.29, 0.717) is 12.0 Å². The van der Waals surface area contributed by atoms with Crippen molar-refractivity contribution in [1.82, 2.24) is 5.32 Å². The molecule has 0 amide bonds. The van der Waals surface area contributed by atoms with Crippen LogP contribution in [0.4, 0.5) is 0 Å². The lowest BCUT2D eigenvalue weighted by molar-refractivity contribution is 0.0625. The average Bonchev–Trinajstić information content (AvgIpc) is 2.17. The number of carbonyl (C=O) groups is 1. The second-order valence-electron chi connectivity index (χ2n) is 3.18. The van der Waals surface area contributed by atoms with Gasteiger partial charge in [-0.15, -0.1) is 0 Å². The first kappa shape index (κ1) is 9.71. The Hall–Kier alpha value is -0.840. The van der Waals surface area contributed by atoms with Gasteiger partial charge in [-0.05, 0) is 0 Å². The zero-order valence-corrected chi connectivity index (χ0v) is 8.33. The molecule has 0 bridgehead atoms. The van der Waals surface area contributed by atoms with Crippen molar-refractivity contribution >= 4 is 16.9 Å². The molecule has 1 aromatic rings. The third-order valence-corrected chi connectivity index (χ3v) is 3.14. The molecule has 74 valence electrons. The molecular formula is C10H11NO2S. The van der Waals surface area contributed by atoms with Crippen molar-refractivity contribution in [1.29, 1.82) is 0 Å². The molecule has 1 aromatic carbocycles. The lowest BCUT2D eigenvalue weighted by atomic mass is 10.2. The molecule has 2 N–H and O–H groups in total. The number of thioether (sulfide) groups is 1. The molecule has 1 aliphatic heterocycles. The van der Waals surface area contributed by atoms with Crippen LogP contribution in [0.2, 0.25) is 0 Å². The Balaban J connectivity index is 1.90. The fraction of sp³-hybridized carbons (Fsp3) is 0.300. The average molecular weight is 209 g/mol. The van der Waals surface area contributed by atoms with Crippen molar-refractivity contribution in [3.63, 3.8) is 0 Å². The number of nitrogens with one attached hydrogen (secondary N) is 1. The molecule has 3 nitrogen and oxygen atoms in total. The van der Waals surface area contributed by atoms with E-state index in [0.717, 1.165) is 0 Å². The number of carbonyl (C=O) groups excluding carboxylic acids is 1. The van der Waals surface area contributed by atoms with Gasteiger partial charge in [0.1, 0.15) is 6.23 Å². The van der Waals surface area contributed by atoms with E-state index in [2.05, 4.69) is 5.32 Å². The van der Waals surface area contributed by atoms with Crippen molar-refractivity contribution in [3.05, 3.63) is 35.9 Å². The Bertz CT molecular complexity index is 322. The molecule has 14 heavy (non-hydrogen) atoms. The van der Waals surface area contributed by atoms with Crippen LogP contribution in [0.15, 0.2) is 30.3 Å². The number of hydrogen-bond acceptors (Lipinski definition) is 4. The number of aliphatic hydroxyl groups excluding tert-OH is 1. The first-order chi connectivity index (χ1) is 6.75. The smallest absolute Gasteiger partial charge is 0.220 e. The SMILES string of the molecule is O=C(S[C@@H]1C[C@H](O)N1)c1ccccc1. The van der Waals surface area contributed by atoms with E-state index in [9.17, 15) is 4.79 Å². The van der Waals surface area contributed by atoms with Crippen LogP contribution in [0.1, 0.15) is 16.8 Å². The van der Waals surface area contributed by atoms with Crippen LogP contribution in [0.25, 0.3) is 0 Å². The Morgan fingerprint density at radius 1 is 1.43 bits per heavy atom. The Morgan fingerprint density at radius 2 is 2.07 bits per heavy atom. The second-order valence-corrected chi connectivity index (χ2v) is 4.35. The zero-order chi connectivity index (χ0) is 9.97. The highest BCUT2D eigenvalue weighted by atomic mass is 32.2. The molecule has 4 heteroatoms. The van der Waals surface area contributed by atoms with E-state index < -0.39 is 6.23 Å². The Labute approximate surface area is 86.5 Å². The molecule has 1 fully saturated rings. The van der Waals surface area contributed by atoms with Crippen LogP contribution in [0, 0.1) is 0 Å². The summed E-state index contributed by atoms with van der Waals surface area (Å²) in [5, 5.41) is 11.9. The maximum atomic E-state index is 11.6. The predicted molar refractivity (Wildman–Crippen MR) is 55.9 cm³/mol. The van der Waals surface area contributed by atoms with Crippen molar-refractivity contribution in [3.8, 4) is 0 Å². The number of hydrogen-bond donors (Lipinski definition) is 2.